The zero-order chi connectivity index (χ0) is 17.9. The maximum Gasteiger partial charge on any atom is 0.167 e. The molecule has 2 aromatic heterocycles. The van der Waals surface area contributed by atoms with E-state index in [1.807, 2.05) is 36.4 Å². The van der Waals surface area contributed by atoms with Crippen LogP contribution in [-0.4, -0.2) is 26.9 Å². The Hall–Kier alpha value is -2.93. The van der Waals surface area contributed by atoms with Crippen LogP contribution in [-0.2, 0) is 5.75 Å². The molecule has 0 aliphatic heterocycles. The Morgan fingerprint density at radius 1 is 1.12 bits per heavy atom. The van der Waals surface area contributed by atoms with Crippen molar-refractivity contribution in [2.45, 2.75) is 10.8 Å². The highest BCUT2D eigenvalue weighted by molar-refractivity contribution is 7.98. The number of halogens is 1. The molecule has 0 amide bonds. The van der Waals surface area contributed by atoms with Gasteiger partial charge in [0.2, 0.25) is 0 Å². The zero-order valence-corrected chi connectivity index (χ0v) is 14.8. The number of thioether (sulfide) groups is 1. The molecular formula is C19H15FN4OS. The van der Waals surface area contributed by atoms with Gasteiger partial charge in [0.1, 0.15) is 11.4 Å². The van der Waals surface area contributed by atoms with Crippen LogP contribution in [0.15, 0.2) is 66.1 Å². The number of fused-ring (bicyclic) bond motifs is 1. The highest BCUT2D eigenvalue weighted by atomic mass is 32.2. The highest BCUT2D eigenvalue weighted by Gasteiger charge is 2.12. The van der Waals surface area contributed by atoms with Crippen LogP contribution < -0.4 is 4.74 Å². The standard InChI is InChI=1S/C19H15FN4OS/c1-25-17-8-7-13(9-16(17)20)11-26-19-15-10-23-24(18(15)21-12-22-19)14-5-3-2-4-6-14/h2-10,12H,11H2,1H3. The molecule has 4 aromatic rings. The molecule has 4 rings (SSSR count). The first kappa shape index (κ1) is 16.5. The summed E-state index contributed by atoms with van der Waals surface area (Å²) < 4.78 is 20.6. The molecule has 0 bridgehead atoms. The van der Waals surface area contributed by atoms with Gasteiger partial charge in [-0.1, -0.05) is 24.3 Å². The fourth-order valence-corrected chi connectivity index (χ4v) is 3.55. The van der Waals surface area contributed by atoms with Crippen molar-refractivity contribution in [3.05, 3.63) is 72.4 Å². The van der Waals surface area contributed by atoms with Crippen molar-refractivity contribution in [3.63, 3.8) is 0 Å². The van der Waals surface area contributed by atoms with E-state index in [0.29, 0.717) is 5.75 Å². The van der Waals surface area contributed by atoms with Crippen LogP contribution in [0.3, 0.4) is 0 Å². The van der Waals surface area contributed by atoms with Crippen molar-refractivity contribution in [1.29, 1.82) is 0 Å². The normalized spacial score (nSPS) is 11.0. The second-order valence-corrected chi connectivity index (χ2v) is 6.53. The molecule has 2 aromatic carbocycles. The molecule has 0 fully saturated rings. The number of aromatic nitrogens is 4. The maximum atomic E-state index is 13.8. The zero-order valence-electron chi connectivity index (χ0n) is 14.0. The molecule has 0 saturated heterocycles. The van der Waals surface area contributed by atoms with Crippen LogP contribution in [0.2, 0.25) is 0 Å². The molecule has 7 heteroatoms. The van der Waals surface area contributed by atoms with Gasteiger partial charge in [-0.05, 0) is 29.8 Å². The number of benzene rings is 2. The molecule has 26 heavy (non-hydrogen) atoms. The van der Waals surface area contributed by atoms with Crippen LogP contribution in [0.4, 0.5) is 4.39 Å². The molecule has 0 N–H and O–H groups in total. The van der Waals surface area contributed by atoms with Crippen LogP contribution in [0.25, 0.3) is 16.7 Å². The molecule has 2 heterocycles. The second-order valence-electron chi connectivity index (χ2n) is 5.57. The Labute approximate surface area is 153 Å². The number of ether oxygens (including phenoxy) is 1. The van der Waals surface area contributed by atoms with Gasteiger partial charge < -0.3 is 4.74 Å². The number of methoxy groups -OCH3 is 1. The SMILES string of the molecule is COc1ccc(CSc2ncnc3c2cnn3-c2ccccc2)cc1F. The molecule has 5 nitrogen and oxygen atoms in total. The molecule has 130 valence electrons. The number of para-hydroxylation sites is 1. The lowest BCUT2D eigenvalue weighted by atomic mass is 10.2. The lowest BCUT2D eigenvalue weighted by Crippen LogP contribution is -1.97. The number of hydrogen-bond donors (Lipinski definition) is 0. The van der Waals surface area contributed by atoms with E-state index in [1.54, 1.807) is 16.9 Å². The van der Waals surface area contributed by atoms with E-state index in [1.165, 1.54) is 31.3 Å². The molecule has 0 radical (unpaired) electrons. The minimum absolute atomic E-state index is 0.243. The van der Waals surface area contributed by atoms with Crippen molar-refractivity contribution in [1.82, 2.24) is 19.7 Å². The van der Waals surface area contributed by atoms with Crippen molar-refractivity contribution in [2.75, 3.05) is 7.11 Å². The quantitative estimate of drug-likeness (QED) is 0.390. The van der Waals surface area contributed by atoms with Gasteiger partial charge >= 0.3 is 0 Å². The lowest BCUT2D eigenvalue weighted by Gasteiger charge is -2.06. The van der Waals surface area contributed by atoms with Crippen molar-refractivity contribution >= 4 is 22.8 Å². The average Bonchev–Trinajstić information content (AvgIpc) is 3.12. The van der Waals surface area contributed by atoms with E-state index in [-0.39, 0.29) is 11.6 Å². The minimum atomic E-state index is -0.365. The summed E-state index contributed by atoms with van der Waals surface area (Å²) in [5.74, 6) is 0.464. The fourth-order valence-electron chi connectivity index (χ4n) is 2.65. The third-order valence-electron chi connectivity index (χ3n) is 3.92. The smallest absolute Gasteiger partial charge is 0.167 e. The van der Waals surface area contributed by atoms with E-state index >= 15 is 0 Å². The average molecular weight is 366 g/mol. The Bertz CT molecular complexity index is 1050. The Kier molecular flexibility index (Phi) is 4.53. The largest absolute Gasteiger partial charge is 0.494 e. The molecule has 0 unspecified atom stereocenters. The first-order valence-electron chi connectivity index (χ1n) is 7.95. The molecule has 0 saturated carbocycles. The van der Waals surface area contributed by atoms with Crippen LogP contribution in [0.5, 0.6) is 5.75 Å². The van der Waals surface area contributed by atoms with E-state index in [9.17, 15) is 4.39 Å². The summed E-state index contributed by atoms with van der Waals surface area (Å²) in [5.41, 5.74) is 2.54. The summed E-state index contributed by atoms with van der Waals surface area (Å²) in [4.78, 5) is 8.73. The molecule has 0 spiro atoms. The van der Waals surface area contributed by atoms with Gasteiger partial charge in [0.25, 0.3) is 0 Å². The second kappa shape index (κ2) is 7.13. The van der Waals surface area contributed by atoms with Gasteiger partial charge in [-0.25, -0.2) is 19.0 Å². The Balaban J connectivity index is 1.61. The number of rotatable bonds is 5. The third kappa shape index (κ3) is 3.13. The van der Waals surface area contributed by atoms with Crippen LogP contribution in [0, 0.1) is 5.82 Å². The highest BCUT2D eigenvalue weighted by Crippen LogP contribution is 2.29. The summed E-state index contributed by atoms with van der Waals surface area (Å²) in [6.45, 7) is 0. The lowest BCUT2D eigenvalue weighted by molar-refractivity contribution is 0.386. The summed E-state index contributed by atoms with van der Waals surface area (Å²) in [6.07, 6.45) is 3.29. The van der Waals surface area contributed by atoms with Crippen molar-refractivity contribution in [2.24, 2.45) is 0 Å². The predicted octanol–water partition coefficient (Wildman–Crippen LogP) is 4.26. The van der Waals surface area contributed by atoms with Gasteiger partial charge in [0.15, 0.2) is 17.2 Å². The molecule has 0 atom stereocenters. The van der Waals surface area contributed by atoms with Gasteiger partial charge in [0.05, 0.1) is 24.4 Å². The monoisotopic (exact) mass is 366 g/mol. The summed E-state index contributed by atoms with van der Waals surface area (Å²) in [5, 5.41) is 6.13. The van der Waals surface area contributed by atoms with E-state index in [2.05, 4.69) is 15.1 Å². The van der Waals surface area contributed by atoms with Gasteiger partial charge in [-0.3, -0.25) is 0 Å². The third-order valence-corrected chi connectivity index (χ3v) is 5.00. The molecular weight excluding hydrogens is 351 g/mol. The van der Waals surface area contributed by atoms with Gasteiger partial charge in [-0.2, -0.15) is 5.10 Å². The first-order chi connectivity index (χ1) is 12.8. The summed E-state index contributed by atoms with van der Waals surface area (Å²) in [7, 11) is 1.45. The number of hydrogen-bond acceptors (Lipinski definition) is 5. The minimum Gasteiger partial charge on any atom is -0.494 e. The summed E-state index contributed by atoms with van der Waals surface area (Å²) >= 11 is 1.52. The topological polar surface area (TPSA) is 52.8 Å². The van der Waals surface area contributed by atoms with Crippen LogP contribution >= 0.6 is 11.8 Å². The molecule has 0 aliphatic carbocycles. The van der Waals surface area contributed by atoms with E-state index in [0.717, 1.165) is 27.3 Å². The van der Waals surface area contributed by atoms with Gasteiger partial charge in [0, 0.05) is 5.75 Å². The Morgan fingerprint density at radius 2 is 1.96 bits per heavy atom. The Morgan fingerprint density at radius 3 is 2.73 bits per heavy atom. The van der Waals surface area contributed by atoms with E-state index in [4.69, 9.17) is 4.74 Å². The van der Waals surface area contributed by atoms with Crippen molar-refractivity contribution in [3.8, 4) is 11.4 Å². The van der Waals surface area contributed by atoms with Crippen molar-refractivity contribution < 1.29 is 9.13 Å². The van der Waals surface area contributed by atoms with E-state index < -0.39 is 0 Å². The van der Waals surface area contributed by atoms with Crippen LogP contribution in [0.1, 0.15) is 5.56 Å². The predicted molar refractivity (Wildman–Crippen MR) is 99.2 cm³/mol. The molecule has 0 aliphatic rings. The summed E-state index contributed by atoms with van der Waals surface area (Å²) in [6, 6.07) is 14.8. The maximum absolute atomic E-state index is 13.8. The van der Waals surface area contributed by atoms with Gasteiger partial charge in [-0.15, -0.1) is 11.8 Å². The number of nitrogens with zero attached hydrogens (tertiary/aromatic N) is 4. The first-order valence-corrected chi connectivity index (χ1v) is 8.94. The fraction of sp³-hybridized carbons (Fsp3) is 0.105.